The van der Waals surface area contributed by atoms with E-state index >= 15 is 0 Å². The fraction of sp³-hybridized carbons (Fsp3) is 1.00. The lowest BCUT2D eigenvalue weighted by Crippen LogP contribution is -2.58. The molecule has 1 nitrogen and oxygen atoms in total. The van der Waals surface area contributed by atoms with E-state index in [1.54, 1.807) is 0 Å². The molecule has 0 aromatic carbocycles. The molecule has 8 aliphatic carbocycles. The molecule has 8 heteroatoms. The summed E-state index contributed by atoms with van der Waals surface area (Å²) < 4.78 is 87.7. The van der Waals surface area contributed by atoms with Crippen molar-refractivity contribution >= 4 is 8.15 Å². The van der Waals surface area contributed by atoms with Gasteiger partial charge in [-0.2, -0.15) is 26.3 Å². The first-order valence-corrected chi connectivity index (χ1v) is 13.3. The summed E-state index contributed by atoms with van der Waals surface area (Å²) >= 11 is 0. The smallest absolute Gasteiger partial charge is 0.337 e. The minimum atomic E-state index is -5.41. The molecule has 0 N–H and O–H groups in total. The second kappa shape index (κ2) is 6.77. The monoisotopic (exact) mass is 468 g/mol. The van der Waals surface area contributed by atoms with Gasteiger partial charge in [-0.3, -0.25) is 0 Å². The van der Waals surface area contributed by atoms with Gasteiger partial charge in [0.05, 0.1) is 0 Å². The quantitative estimate of drug-likeness (QED) is 0.302. The van der Waals surface area contributed by atoms with E-state index in [4.69, 9.17) is 4.52 Å². The predicted octanol–water partition coefficient (Wildman–Crippen LogP) is 7.83. The highest BCUT2D eigenvalue weighted by Gasteiger charge is 2.67. The van der Waals surface area contributed by atoms with E-state index in [1.807, 2.05) is 0 Å². The average Bonchev–Trinajstić information content (AvgIpc) is 2.56. The number of rotatable bonds is 4. The first kappa shape index (κ1) is 21.5. The van der Waals surface area contributed by atoms with Crippen LogP contribution in [0.5, 0.6) is 0 Å². The summed E-state index contributed by atoms with van der Waals surface area (Å²) in [6.07, 6.45) is -2.96. The van der Waals surface area contributed by atoms with Crippen molar-refractivity contribution in [1.82, 2.24) is 0 Å². The summed E-state index contributed by atoms with van der Waals surface area (Å²) in [5, 5.41) is -0.852. The van der Waals surface area contributed by atoms with Crippen LogP contribution in [-0.2, 0) is 4.52 Å². The molecule has 8 fully saturated rings. The van der Waals surface area contributed by atoms with Crippen LogP contribution in [0.15, 0.2) is 0 Å². The van der Waals surface area contributed by atoms with Crippen molar-refractivity contribution in [2.45, 2.75) is 106 Å². The van der Waals surface area contributed by atoms with Crippen LogP contribution in [0.1, 0.15) is 77.0 Å². The maximum atomic E-state index is 13.7. The fourth-order valence-corrected chi connectivity index (χ4v) is 14.2. The van der Waals surface area contributed by atoms with E-state index in [1.165, 1.54) is 0 Å². The molecule has 8 aliphatic rings. The van der Waals surface area contributed by atoms with Crippen molar-refractivity contribution in [2.75, 3.05) is 0 Å². The van der Waals surface area contributed by atoms with Crippen molar-refractivity contribution < 1.29 is 30.9 Å². The first-order chi connectivity index (χ1) is 14.4. The predicted molar refractivity (Wildman–Crippen MR) is 106 cm³/mol. The zero-order valence-electron chi connectivity index (χ0n) is 17.6. The fourth-order valence-electron chi connectivity index (χ4n) is 9.76. The molecule has 0 heterocycles. The summed E-state index contributed by atoms with van der Waals surface area (Å²) in [4.78, 5) is 0. The molecule has 0 aromatic heterocycles. The average molecular weight is 468 g/mol. The normalized spacial score (nSPS) is 49.3. The lowest BCUT2D eigenvalue weighted by Gasteiger charge is -2.66. The Hall–Kier alpha value is -0.0300. The van der Waals surface area contributed by atoms with E-state index in [9.17, 15) is 26.3 Å². The van der Waals surface area contributed by atoms with E-state index in [-0.39, 0.29) is 0 Å². The Bertz CT molecular complexity index is 602. The number of alkyl halides is 6. The van der Waals surface area contributed by atoms with Gasteiger partial charge >= 0.3 is 12.4 Å². The van der Waals surface area contributed by atoms with Crippen LogP contribution in [0.3, 0.4) is 0 Å². The molecule has 0 aliphatic heterocycles. The lowest BCUT2D eigenvalue weighted by molar-refractivity contribution is -0.299. The molecular weight excluding hydrogens is 437 g/mol. The van der Waals surface area contributed by atoms with Gasteiger partial charge in [0.25, 0.3) is 6.10 Å². The number of hydrogen-bond donors (Lipinski definition) is 0. The largest absolute Gasteiger partial charge is 0.423 e. The van der Waals surface area contributed by atoms with Crippen LogP contribution in [-0.4, -0.2) is 28.8 Å². The van der Waals surface area contributed by atoms with Gasteiger partial charge in [-0.05, 0) is 113 Å². The van der Waals surface area contributed by atoms with Crippen molar-refractivity contribution in [3.05, 3.63) is 0 Å². The maximum absolute atomic E-state index is 13.7. The summed E-state index contributed by atoms with van der Waals surface area (Å²) in [5.74, 6) is 2.86. The van der Waals surface area contributed by atoms with Gasteiger partial charge in [0.1, 0.15) is 0 Å². The molecule has 0 radical (unpaired) electrons. The second-order valence-electron chi connectivity index (χ2n) is 12.1. The molecule has 0 saturated heterocycles. The Kier molecular flexibility index (Phi) is 4.69. The summed E-state index contributed by atoms with van der Waals surface area (Å²) in [6.45, 7) is 0. The standard InChI is InChI=1S/C23H31F6OP/c24-22(25,26)19(23(27,28)29)30-31(20-7-13-1-14(8-20)3-15(2-13)9-20)21-10-16-4-17(11-21)6-18(5-16)12-21/h13-19H,1-12H2. The van der Waals surface area contributed by atoms with Gasteiger partial charge in [-0.25, -0.2) is 0 Å². The van der Waals surface area contributed by atoms with Crippen LogP contribution >= 0.6 is 8.15 Å². The van der Waals surface area contributed by atoms with Gasteiger partial charge in [0.15, 0.2) is 0 Å². The molecule has 8 bridgehead atoms. The van der Waals surface area contributed by atoms with Gasteiger partial charge < -0.3 is 4.52 Å². The molecule has 0 amide bonds. The molecule has 0 spiro atoms. The molecule has 176 valence electrons. The van der Waals surface area contributed by atoms with Crippen molar-refractivity contribution in [3.63, 3.8) is 0 Å². The van der Waals surface area contributed by atoms with Gasteiger partial charge in [-0.1, -0.05) is 0 Å². The second-order valence-corrected chi connectivity index (χ2v) is 14.8. The van der Waals surface area contributed by atoms with Crippen molar-refractivity contribution in [3.8, 4) is 0 Å². The Labute approximate surface area is 180 Å². The molecule has 8 saturated carbocycles. The van der Waals surface area contributed by atoms with Gasteiger partial charge in [-0.15, -0.1) is 0 Å². The summed E-state index contributed by atoms with van der Waals surface area (Å²) in [5.41, 5.74) is 0. The summed E-state index contributed by atoms with van der Waals surface area (Å²) in [7, 11) is -1.82. The third-order valence-electron chi connectivity index (χ3n) is 9.68. The molecule has 31 heavy (non-hydrogen) atoms. The maximum Gasteiger partial charge on any atom is 0.423 e. The molecular formula is C23H31F6OP. The van der Waals surface area contributed by atoms with Gasteiger partial charge in [0, 0.05) is 18.5 Å². The van der Waals surface area contributed by atoms with E-state index in [2.05, 4.69) is 0 Å². The minimum absolute atomic E-state index is 0.426. The third kappa shape index (κ3) is 3.49. The van der Waals surface area contributed by atoms with Crippen LogP contribution in [0, 0.1) is 35.5 Å². The van der Waals surface area contributed by atoms with E-state index in [0.29, 0.717) is 35.5 Å². The van der Waals surface area contributed by atoms with Crippen LogP contribution in [0.4, 0.5) is 26.3 Å². The Morgan fingerprint density at radius 3 is 1.03 bits per heavy atom. The number of hydrogen-bond acceptors (Lipinski definition) is 1. The Morgan fingerprint density at radius 1 is 0.548 bits per heavy atom. The van der Waals surface area contributed by atoms with Crippen molar-refractivity contribution in [1.29, 1.82) is 0 Å². The molecule has 8 rings (SSSR count). The Morgan fingerprint density at radius 2 is 0.806 bits per heavy atom. The number of halogens is 6. The van der Waals surface area contributed by atoms with Crippen LogP contribution in [0.2, 0.25) is 0 Å². The Balaban J connectivity index is 1.42. The van der Waals surface area contributed by atoms with Crippen LogP contribution in [0.25, 0.3) is 0 Å². The van der Waals surface area contributed by atoms with E-state index < -0.39 is 36.9 Å². The SMILES string of the molecule is FC(F)(F)C(OP(C12CC3CC(CC(C3)C1)C2)C12CC3CC(CC(C3)C1)C2)C(F)(F)F. The van der Waals surface area contributed by atoms with Gasteiger partial charge in [0.2, 0.25) is 0 Å². The minimum Gasteiger partial charge on any atom is -0.337 e. The van der Waals surface area contributed by atoms with Crippen LogP contribution < -0.4 is 0 Å². The summed E-state index contributed by atoms with van der Waals surface area (Å²) in [6, 6.07) is 0. The lowest BCUT2D eigenvalue weighted by atomic mass is 9.55. The zero-order valence-corrected chi connectivity index (χ0v) is 18.5. The highest BCUT2D eigenvalue weighted by Crippen LogP contribution is 2.80. The molecule has 0 aromatic rings. The highest BCUT2D eigenvalue weighted by atomic mass is 31.1. The highest BCUT2D eigenvalue weighted by molar-refractivity contribution is 7.56. The zero-order chi connectivity index (χ0) is 21.8. The third-order valence-corrected chi connectivity index (χ3v) is 12.9. The topological polar surface area (TPSA) is 9.23 Å². The molecule has 0 unspecified atom stereocenters. The molecule has 0 atom stereocenters. The van der Waals surface area contributed by atoms with Crippen molar-refractivity contribution in [2.24, 2.45) is 35.5 Å². The first-order valence-electron chi connectivity index (χ1n) is 12.0. The van der Waals surface area contributed by atoms with E-state index in [0.717, 1.165) is 77.0 Å².